The van der Waals surface area contributed by atoms with Gasteiger partial charge in [-0.2, -0.15) is 0 Å². The first-order valence-corrected chi connectivity index (χ1v) is 10.3. The summed E-state index contributed by atoms with van der Waals surface area (Å²) in [6.07, 6.45) is 2.81. The minimum atomic E-state index is -0.405. The van der Waals surface area contributed by atoms with Crippen molar-refractivity contribution in [2.45, 2.75) is 19.3 Å². The number of ether oxygens (including phenoxy) is 2. The summed E-state index contributed by atoms with van der Waals surface area (Å²) < 4.78 is 10.5. The van der Waals surface area contributed by atoms with Gasteiger partial charge in [0, 0.05) is 4.88 Å². The average molecular weight is 407 g/mol. The van der Waals surface area contributed by atoms with E-state index < -0.39 is 5.97 Å². The Morgan fingerprint density at radius 3 is 2.45 bits per heavy atom. The fraction of sp³-hybridized carbons (Fsp3) is 0.217. The minimum Gasteiger partial charge on any atom is -0.484 e. The smallest absolute Gasteiger partial charge is 0.341 e. The largest absolute Gasteiger partial charge is 0.484 e. The van der Waals surface area contributed by atoms with Crippen molar-refractivity contribution in [3.05, 3.63) is 70.6 Å². The number of fused-ring (bicyclic) bond motifs is 1. The SMILES string of the molecule is COC(=O)c1c(NC(=O)COc2ccc(-c3ccccc3)cc2)sc2c1CCC2. The molecule has 0 saturated heterocycles. The number of carbonyl (C=O) groups excluding carboxylic acids is 2. The predicted octanol–water partition coefficient (Wildman–Crippen LogP) is 4.71. The molecule has 3 aromatic rings. The molecule has 0 fully saturated rings. The van der Waals surface area contributed by atoms with E-state index in [2.05, 4.69) is 5.32 Å². The predicted molar refractivity (Wildman–Crippen MR) is 114 cm³/mol. The molecule has 0 bridgehead atoms. The lowest BCUT2D eigenvalue weighted by atomic mass is 10.1. The number of thiophene rings is 1. The van der Waals surface area contributed by atoms with E-state index in [-0.39, 0.29) is 12.5 Å². The minimum absolute atomic E-state index is 0.131. The van der Waals surface area contributed by atoms with Crippen LogP contribution in [0.25, 0.3) is 11.1 Å². The number of methoxy groups -OCH3 is 1. The highest BCUT2D eigenvalue weighted by atomic mass is 32.1. The van der Waals surface area contributed by atoms with Gasteiger partial charge < -0.3 is 14.8 Å². The molecule has 0 saturated carbocycles. The van der Waals surface area contributed by atoms with Crippen LogP contribution in [0.4, 0.5) is 5.00 Å². The lowest BCUT2D eigenvalue weighted by molar-refractivity contribution is -0.118. The molecule has 4 rings (SSSR count). The first-order valence-electron chi connectivity index (χ1n) is 9.46. The molecule has 29 heavy (non-hydrogen) atoms. The second kappa shape index (κ2) is 8.49. The fourth-order valence-corrected chi connectivity index (χ4v) is 4.79. The Kier molecular flexibility index (Phi) is 5.62. The summed E-state index contributed by atoms with van der Waals surface area (Å²) in [6, 6.07) is 17.7. The standard InChI is InChI=1S/C23H21NO4S/c1-27-23(26)21-18-8-5-9-19(18)29-22(21)24-20(25)14-28-17-12-10-16(11-13-17)15-6-3-2-4-7-15/h2-4,6-7,10-13H,5,8-9,14H2,1H3,(H,24,25). The summed E-state index contributed by atoms with van der Waals surface area (Å²) in [5.74, 6) is -0.0963. The maximum atomic E-state index is 12.4. The Hall–Kier alpha value is -3.12. The summed E-state index contributed by atoms with van der Waals surface area (Å²) >= 11 is 1.45. The van der Waals surface area contributed by atoms with Crippen LogP contribution in [0.15, 0.2) is 54.6 Å². The summed E-state index contributed by atoms with van der Waals surface area (Å²) in [4.78, 5) is 25.7. The van der Waals surface area contributed by atoms with Crippen LogP contribution in [-0.2, 0) is 22.4 Å². The van der Waals surface area contributed by atoms with Crippen LogP contribution in [0.1, 0.15) is 27.2 Å². The van der Waals surface area contributed by atoms with Gasteiger partial charge in [0.1, 0.15) is 10.8 Å². The topological polar surface area (TPSA) is 64.6 Å². The van der Waals surface area contributed by atoms with Gasteiger partial charge >= 0.3 is 5.97 Å². The van der Waals surface area contributed by atoms with Crippen LogP contribution in [0.3, 0.4) is 0 Å². The van der Waals surface area contributed by atoms with E-state index in [0.717, 1.165) is 40.8 Å². The van der Waals surface area contributed by atoms with Crippen LogP contribution < -0.4 is 10.1 Å². The summed E-state index contributed by atoms with van der Waals surface area (Å²) in [5, 5.41) is 3.37. The van der Waals surface area contributed by atoms with E-state index in [1.165, 1.54) is 18.4 Å². The maximum Gasteiger partial charge on any atom is 0.341 e. The second-order valence-corrected chi connectivity index (χ2v) is 7.89. The van der Waals surface area contributed by atoms with Crippen molar-refractivity contribution in [2.75, 3.05) is 19.0 Å². The molecule has 1 aromatic heterocycles. The average Bonchev–Trinajstić information content (AvgIpc) is 3.33. The zero-order valence-electron chi connectivity index (χ0n) is 16.1. The number of carbonyl (C=O) groups is 2. The molecule has 1 heterocycles. The number of anilines is 1. The van der Waals surface area contributed by atoms with Crippen molar-refractivity contribution in [1.29, 1.82) is 0 Å². The molecule has 0 spiro atoms. The van der Waals surface area contributed by atoms with Crippen molar-refractivity contribution < 1.29 is 19.1 Å². The summed E-state index contributed by atoms with van der Waals surface area (Å²) in [5.41, 5.74) is 3.70. The van der Waals surface area contributed by atoms with Crippen molar-refractivity contribution in [2.24, 2.45) is 0 Å². The molecule has 148 valence electrons. The van der Waals surface area contributed by atoms with Crippen molar-refractivity contribution in [1.82, 2.24) is 0 Å². The molecule has 0 unspecified atom stereocenters. The first kappa shape index (κ1) is 19.2. The number of nitrogens with one attached hydrogen (secondary N) is 1. The zero-order valence-corrected chi connectivity index (χ0v) is 16.9. The van der Waals surface area contributed by atoms with Crippen LogP contribution >= 0.6 is 11.3 Å². The molecule has 6 heteroatoms. The molecule has 0 radical (unpaired) electrons. The third-order valence-corrected chi connectivity index (χ3v) is 6.10. The van der Waals surface area contributed by atoms with Gasteiger partial charge in [0.05, 0.1) is 12.7 Å². The Morgan fingerprint density at radius 1 is 1.00 bits per heavy atom. The molecule has 5 nitrogen and oxygen atoms in total. The van der Waals surface area contributed by atoms with Gasteiger partial charge in [-0.15, -0.1) is 11.3 Å². The van der Waals surface area contributed by atoms with E-state index in [9.17, 15) is 9.59 Å². The third kappa shape index (κ3) is 4.17. The first-order chi connectivity index (χ1) is 14.2. The van der Waals surface area contributed by atoms with E-state index in [1.54, 1.807) is 0 Å². The van der Waals surface area contributed by atoms with Crippen LogP contribution in [0.2, 0.25) is 0 Å². The van der Waals surface area contributed by atoms with E-state index in [4.69, 9.17) is 9.47 Å². The maximum absolute atomic E-state index is 12.4. The summed E-state index contributed by atoms with van der Waals surface area (Å²) in [7, 11) is 1.36. The Labute approximate surface area is 173 Å². The van der Waals surface area contributed by atoms with Crippen molar-refractivity contribution in [3.8, 4) is 16.9 Å². The molecular formula is C23H21NO4S. The van der Waals surface area contributed by atoms with Gasteiger partial charge in [-0.3, -0.25) is 4.79 Å². The molecular weight excluding hydrogens is 386 g/mol. The number of amides is 1. The molecule has 0 atom stereocenters. The van der Waals surface area contributed by atoms with Crippen LogP contribution in [0.5, 0.6) is 5.75 Å². The van der Waals surface area contributed by atoms with Gasteiger partial charge in [-0.1, -0.05) is 42.5 Å². The highest BCUT2D eigenvalue weighted by Gasteiger charge is 2.28. The number of hydrogen-bond acceptors (Lipinski definition) is 5. The lowest BCUT2D eigenvalue weighted by Gasteiger charge is -2.09. The van der Waals surface area contributed by atoms with Gasteiger partial charge in [0.15, 0.2) is 6.61 Å². The number of rotatable bonds is 6. The van der Waals surface area contributed by atoms with E-state index in [0.29, 0.717) is 16.3 Å². The van der Waals surface area contributed by atoms with Gasteiger partial charge in [-0.05, 0) is 48.1 Å². The Bertz CT molecular complexity index is 1030. The number of esters is 1. The highest BCUT2D eigenvalue weighted by molar-refractivity contribution is 7.17. The molecule has 0 aliphatic heterocycles. The van der Waals surface area contributed by atoms with Crippen molar-refractivity contribution in [3.63, 3.8) is 0 Å². The molecule has 2 aromatic carbocycles. The van der Waals surface area contributed by atoms with Gasteiger partial charge in [0.2, 0.25) is 0 Å². The van der Waals surface area contributed by atoms with Gasteiger partial charge in [-0.25, -0.2) is 4.79 Å². The molecule has 1 N–H and O–H groups in total. The molecule has 1 amide bonds. The zero-order chi connectivity index (χ0) is 20.2. The third-order valence-electron chi connectivity index (χ3n) is 4.90. The number of aryl methyl sites for hydroxylation is 1. The number of hydrogen-bond donors (Lipinski definition) is 1. The second-order valence-electron chi connectivity index (χ2n) is 6.78. The highest BCUT2D eigenvalue weighted by Crippen LogP contribution is 2.39. The quantitative estimate of drug-likeness (QED) is 0.601. The van der Waals surface area contributed by atoms with Gasteiger partial charge in [0.25, 0.3) is 5.91 Å². The normalized spacial score (nSPS) is 12.3. The summed E-state index contributed by atoms with van der Waals surface area (Å²) in [6.45, 7) is -0.131. The Morgan fingerprint density at radius 2 is 1.72 bits per heavy atom. The van der Waals surface area contributed by atoms with Crippen LogP contribution in [-0.4, -0.2) is 25.6 Å². The Balaban J connectivity index is 1.39. The van der Waals surface area contributed by atoms with Crippen molar-refractivity contribution >= 4 is 28.2 Å². The molecule has 1 aliphatic carbocycles. The monoisotopic (exact) mass is 407 g/mol. The fourth-order valence-electron chi connectivity index (χ4n) is 3.50. The lowest BCUT2D eigenvalue weighted by Crippen LogP contribution is -2.21. The van der Waals surface area contributed by atoms with Crippen LogP contribution in [0, 0.1) is 0 Å². The van der Waals surface area contributed by atoms with E-state index >= 15 is 0 Å². The van der Waals surface area contributed by atoms with E-state index in [1.807, 2.05) is 54.6 Å². The molecule has 1 aliphatic rings. The number of benzene rings is 2.